The van der Waals surface area contributed by atoms with Crippen LogP contribution in [-0.2, 0) is 9.59 Å². The average molecular weight is 337 g/mol. The van der Waals surface area contributed by atoms with E-state index in [1.807, 2.05) is 30.7 Å². The molecule has 0 bridgehead atoms. The molecule has 2 aliphatic rings. The van der Waals surface area contributed by atoms with E-state index in [9.17, 15) is 9.59 Å². The number of carbonyl (C=O) groups excluding carboxylic acids is 2. The number of hydrogen-bond donors (Lipinski definition) is 0. The largest absolute Gasteiger partial charge is 0.343 e. The van der Waals surface area contributed by atoms with Gasteiger partial charge in [0, 0.05) is 38.5 Å². The number of nitrogens with zero attached hydrogens (tertiary/aromatic N) is 2. The van der Waals surface area contributed by atoms with Crippen LogP contribution in [0.3, 0.4) is 0 Å². The van der Waals surface area contributed by atoms with Crippen molar-refractivity contribution in [3.8, 4) is 0 Å². The van der Waals surface area contributed by atoms with Gasteiger partial charge in [-0.2, -0.15) is 0 Å². The highest BCUT2D eigenvalue weighted by Gasteiger charge is 2.29. The summed E-state index contributed by atoms with van der Waals surface area (Å²) < 4.78 is 0. The molecule has 2 amide bonds. The van der Waals surface area contributed by atoms with Crippen molar-refractivity contribution in [2.24, 2.45) is 11.8 Å². The fraction of sp³-hybridized carbons (Fsp3) is 0.900. The Bertz CT molecular complexity index is 408. The zero-order valence-electron chi connectivity index (χ0n) is 15.9. The maximum absolute atomic E-state index is 12.4. The minimum absolute atomic E-state index is 0.101. The summed E-state index contributed by atoms with van der Waals surface area (Å²) in [5.41, 5.74) is 0. The average Bonchev–Trinajstić information content (AvgIpc) is 2.61. The number of carbonyl (C=O) groups is 2. The van der Waals surface area contributed by atoms with E-state index < -0.39 is 0 Å². The Morgan fingerprint density at radius 1 is 1.04 bits per heavy atom. The quantitative estimate of drug-likeness (QED) is 0.739. The van der Waals surface area contributed by atoms with E-state index in [0.717, 1.165) is 38.3 Å². The summed E-state index contributed by atoms with van der Waals surface area (Å²) in [6.45, 7) is 5.60. The molecular formula is C20H36N2O2. The first-order chi connectivity index (χ1) is 11.5. The second kappa shape index (κ2) is 9.43. The van der Waals surface area contributed by atoms with Crippen LogP contribution in [0, 0.1) is 11.8 Å². The molecule has 1 heterocycles. The van der Waals surface area contributed by atoms with Gasteiger partial charge in [0.15, 0.2) is 0 Å². The first-order valence-corrected chi connectivity index (χ1v) is 10.0. The number of likely N-dealkylation sites (tertiary alicyclic amines) is 1. The second-order valence-electron chi connectivity index (χ2n) is 8.09. The minimum atomic E-state index is 0.101. The van der Waals surface area contributed by atoms with Crippen molar-refractivity contribution in [2.45, 2.75) is 84.1 Å². The molecule has 1 saturated carbocycles. The van der Waals surface area contributed by atoms with Gasteiger partial charge in [-0.15, -0.1) is 0 Å². The lowest BCUT2D eigenvalue weighted by atomic mass is 9.86. The third-order valence-electron chi connectivity index (χ3n) is 6.05. The van der Waals surface area contributed by atoms with E-state index in [1.165, 1.54) is 38.5 Å². The summed E-state index contributed by atoms with van der Waals surface area (Å²) in [6.07, 6.45) is 11.5. The van der Waals surface area contributed by atoms with Crippen LogP contribution in [0.5, 0.6) is 0 Å². The van der Waals surface area contributed by atoms with E-state index in [2.05, 4.69) is 0 Å². The number of rotatable bonds is 6. The smallest absolute Gasteiger partial charge is 0.225 e. The zero-order chi connectivity index (χ0) is 17.5. The van der Waals surface area contributed by atoms with E-state index in [0.29, 0.717) is 12.3 Å². The van der Waals surface area contributed by atoms with Gasteiger partial charge in [0.25, 0.3) is 0 Å². The second-order valence-corrected chi connectivity index (χ2v) is 8.09. The Kier molecular flexibility index (Phi) is 7.57. The van der Waals surface area contributed by atoms with Crippen LogP contribution < -0.4 is 0 Å². The molecule has 2 rings (SSSR count). The topological polar surface area (TPSA) is 40.6 Å². The van der Waals surface area contributed by atoms with Crippen molar-refractivity contribution in [2.75, 3.05) is 20.1 Å². The monoisotopic (exact) mass is 336 g/mol. The Hall–Kier alpha value is -1.06. The molecule has 0 N–H and O–H groups in total. The van der Waals surface area contributed by atoms with E-state index in [4.69, 9.17) is 0 Å². The lowest BCUT2D eigenvalue weighted by Gasteiger charge is -2.34. The molecule has 0 aromatic rings. The van der Waals surface area contributed by atoms with Gasteiger partial charge in [-0.05, 0) is 45.4 Å². The maximum atomic E-state index is 12.4. The fourth-order valence-corrected chi connectivity index (χ4v) is 4.09. The van der Waals surface area contributed by atoms with Gasteiger partial charge in [0.1, 0.15) is 0 Å². The van der Waals surface area contributed by atoms with Gasteiger partial charge in [0.05, 0.1) is 0 Å². The predicted octanol–water partition coefficient (Wildman–Crippen LogP) is 3.84. The van der Waals surface area contributed by atoms with Crippen LogP contribution in [0.15, 0.2) is 0 Å². The minimum Gasteiger partial charge on any atom is -0.343 e. The highest BCUT2D eigenvalue weighted by Crippen LogP contribution is 2.28. The summed E-state index contributed by atoms with van der Waals surface area (Å²) >= 11 is 0. The van der Waals surface area contributed by atoms with E-state index in [1.54, 1.807) is 0 Å². The Morgan fingerprint density at radius 2 is 1.67 bits per heavy atom. The van der Waals surface area contributed by atoms with Gasteiger partial charge >= 0.3 is 0 Å². The molecule has 1 aliphatic heterocycles. The van der Waals surface area contributed by atoms with Crippen molar-refractivity contribution in [1.29, 1.82) is 0 Å². The van der Waals surface area contributed by atoms with Gasteiger partial charge in [0.2, 0.25) is 11.8 Å². The SMILES string of the molecule is CC(C)N(C)C(=O)C1CCN(C(=O)CCCC2CCCCC2)CC1. The van der Waals surface area contributed by atoms with Crippen LogP contribution in [0.25, 0.3) is 0 Å². The first kappa shape index (κ1) is 19.3. The predicted molar refractivity (Wildman–Crippen MR) is 97.6 cm³/mol. The summed E-state index contributed by atoms with van der Waals surface area (Å²) in [7, 11) is 1.88. The number of piperidine rings is 1. The highest BCUT2D eigenvalue weighted by molar-refractivity contribution is 5.80. The molecule has 0 aromatic carbocycles. The van der Waals surface area contributed by atoms with Gasteiger partial charge in [-0.1, -0.05) is 32.1 Å². The van der Waals surface area contributed by atoms with Gasteiger partial charge in [-0.3, -0.25) is 9.59 Å². The fourth-order valence-electron chi connectivity index (χ4n) is 4.09. The molecule has 4 heteroatoms. The van der Waals surface area contributed by atoms with Crippen molar-refractivity contribution >= 4 is 11.8 Å². The van der Waals surface area contributed by atoms with Gasteiger partial charge < -0.3 is 9.80 Å². The van der Waals surface area contributed by atoms with Crippen LogP contribution in [-0.4, -0.2) is 47.8 Å². The molecule has 24 heavy (non-hydrogen) atoms. The van der Waals surface area contributed by atoms with Gasteiger partial charge in [-0.25, -0.2) is 0 Å². The molecular weight excluding hydrogens is 300 g/mol. The molecule has 0 spiro atoms. The molecule has 1 aliphatic carbocycles. The maximum Gasteiger partial charge on any atom is 0.225 e. The molecule has 2 fully saturated rings. The normalized spacial score (nSPS) is 20.4. The third kappa shape index (κ3) is 5.49. The van der Waals surface area contributed by atoms with Crippen LogP contribution in [0.2, 0.25) is 0 Å². The lowest BCUT2D eigenvalue weighted by molar-refractivity contribution is -0.141. The molecule has 138 valence electrons. The molecule has 0 radical (unpaired) electrons. The molecule has 4 nitrogen and oxygen atoms in total. The number of amides is 2. The number of hydrogen-bond acceptors (Lipinski definition) is 2. The Morgan fingerprint density at radius 3 is 2.25 bits per heavy atom. The Labute approximate surface area is 148 Å². The van der Waals surface area contributed by atoms with Crippen LogP contribution >= 0.6 is 0 Å². The zero-order valence-corrected chi connectivity index (χ0v) is 15.9. The van der Waals surface area contributed by atoms with Crippen LogP contribution in [0.4, 0.5) is 0 Å². The molecule has 0 atom stereocenters. The Balaban J connectivity index is 1.65. The summed E-state index contributed by atoms with van der Waals surface area (Å²) in [4.78, 5) is 28.6. The van der Waals surface area contributed by atoms with Crippen molar-refractivity contribution in [1.82, 2.24) is 9.80 Å². The standard InChI is InChI=1S/C20H36N2O2/c1-16(2)21(3)20(24)18-12-14-22(15-13-18)19(23)11-7-10-17-8-5-4-6-9-17/h16-18H,4-15H2,1-3H3. The highest BCUT2D eigenvalue weighted by atomic mass is 16.2. The van der Waals surface area contributed by atoms with Crippen molar-refractivity contribution < 1.29 is 9.59 Å². The molecule has 0 aromatic heterocycles. The molecule has 1 saturated heterocycles. The van der Waals surface area contributed by atoms with E-state index in [-0.39, 0.29) is 17.9 Å². The summed E-state index contributed by atoms with van der Waals surface area (Å²) in [5.74, 6) is 1.51. The summed E-state index contributed by atoms with van der Waals surface area (Å²) in [6, 6.07) is 0.247. The first-order valence-electron chi connectivity index (χ1n) is 10.0. The van der Waals surface area contributed by atoms with Crippen molar-refractivity contribution in [3.63, 3.8) is 0 Å². The van der Waals surface area contributed by atoms with Crippen molar-refractivity contribution in [3.05, 3.63) is 0 Å². The molecule has 0 unspecified atom stereocenters. The van der Waals surface area contributed by atoms with E-state index >= 15 is 0 Å². The van der Waals surface area contributed by atoms with Crippen LogP contribution in [0.1, 0.15) is 78.1 Å². The third-order valence-corrected chi connectivity index (χ3v) is 6.05. The summed E-state index contributed by atoms with van der Waals surface area (Å²) in [5, 5.41) is 0. The lowest BCUT2D eigenvalue weighted by Crippen LogP contribution is -2.45.